The Kier molecular flexibility index (Phi) is 41.9. The van der Waals surface area contributed by atoms with Crippen molar-refractivity contribution >= 4 is 0 Å². The van der Waals surface area contributed by atoms with E-state index < -0.39 is 0 Å². The number of aromatic nitrogens is 6. The summed E-state index contributed by atoms with van der Waals surface area (Å²) in [6.07, 6.45) is 3.64. The minimum Gasteiger partial charge on any atom is -0.507 e. The molecule has 0 bridgehead atoms. The second-order valence-corrected chi connectivity index (χ2v) is 35.4. The molecule has 0 unspecified atom stereocenters. The molecule has 0 saturated carbocycles. The molecule has 8 rings (SSSR count). The topological polar surface area (TPSA) is 193 Å². The Morgan fingerprint density at radius 1 is 0.239 bits per heavy atom. The van der Waals surface area contributed by atoms with E-state index in [2.05, 4.69) is 166 Å². The number of hydrogen-bond donors (Lipinski definition) is 3. The number of nitrogens with zero attached hydrogens (tertiary/aromatic N) is 6. The molecule has 630 valence electrons. The summed E-state index contributed by atoms with van der Waals surface area (Å²) in [4.78, 5) is 71.3. The van der Waals surface area contributed by atoms with E-state index in [-0.39, 0.29) is 80.9 Å². The zero-order chi connectivity index (χ0) is 87.9. The number of pyridine rings is 6. The van der Waals surface area contributed by atoms with Crippen LogP contribution in [0, 0.1) is 41.5 Å². The number of aryl methyl sites for hydroxylation is 2. The molecule has 0 aliphatic rings. The lowest BCUT2D eigenvalue weighted by Gasteiger charge is -2.18. The van der Waals surface area contributed by atoms with E-state index in [0.29, 0.717) is 70.5 Å². The largest absolute Gasteiger partial charge is 0.507 e. The van der Waals surface area contributed by atoms with Gasteiger partial charge < -0.3 is 42.7 Å². The lowest BCUT2D eigenvalue weighted by molar-refractivity contribution is 0.436. The molecule has 0 spiro atoms. The van der Waals surface area contributed by atoms with Crippen LogP contribution in [0.5, 0.6) is 17.2 Å². The Bertz CT molecular complexity index is 4280. The summed E-state index contributed by atoms with van der Waals surface area (Å²) in [6.45, 7) is 78.2. The molecule has 2 aromatic carbocycles. The maximum atomic E-state index is 12.1. The van der Waals surface area contributed by atoms with Crippen molar-refractivity contribution in [2.75, 3.05) is 0 Å². The number of aromatic hydroxyl groups is 3. The first-order valence-corrected chi connectivity index (χ1v) is 41.6. The zero-order valence-corrected chi connectivity index (χ0v) is 77.9. The van der Waals surface area contributed by atoms with Crippen LogP contribution in [0.25, 0.3) is 0 Å². The van der Waals surface area contributed by atoms with Crippen LogP contribution in [0.2, 0.25) is 0 Å². The van der Waals surface area contributed by atoms with Crippen molar-refractivity contribution in [1.29, 1.82) is 0 Å². The molecular formula is C98H154N6O9. The number of hydrogen-bond acceptors (Lipinski definition) is 9. The molecule has 8 aromatic rings. The molecular weight excluding hydrogens is 1410 g/mol. The van der Waals surface area contributed by atoms with Crippen molar-refractivity contribution in [3.63, 3.8) is 0 Å². The first-order valence-electron chi connectivity index (χ1n) is 41.6. The summed E-state index contributed by atoms with van der Waals surface area (Å²) in [6, 6.07) is 27.4. The van der Waals surface area contributed by atoms with Gasteiger partial charge in [-0.2, -0.15) is 0 Å². The van der Waals surface area contributed by atoms with Gasteiger partial charge in [-0.25, -0.2) is 0 Å². The molecule has 0 aliphatic heterocycles. The molecule has 15 nitrogen and oxygen atoms in total. The lowest BCUT2D eigenvalue weighted by Crippen LogP contribution is -2.27. The van der Waals surface area contributed by atoms with Gasteiger partial charge in [-0.05, 0) is 249 Å². The minimum atomic E-state index is -0.300. The van der Waals surface area contributed by atoms with Gasteiger partial charge in [0.15, 0.2) is 11.5 Å². The number of phenolic OH excluding ortho intramolecular Hbond substituents is 1. The Balaban J connectivity index is 0.000000646. The molecule has 0 saturated heterocycles. The quantitative estimate of drug-likeness (QED) is 0.0844. The van der Waals surface area contributed by atoms with E-state index in [1.165, 1.54) is 32.4 Å². The monoisotopic (exact) mass is 1560 g/mol. The van der Waals surface area contributed by atoms with Crippen molar-refractivity contribution < 1.29 is 15.3 Å². The molecule has 0 radical (unpaired) electrons. The van der Waals surface area contributed by atoms with Crippen LogP contribution in [0.3, 0.4) is 0 Å². The third-order valence-electron chi connectivity index (χ3n) is 20.9. The highest BCUT2D eigenvalue weighted by atomic mass is 16.3. The van der Waals surface area contributed by atoms with Gasteiger partial charge in [-0.3, -0.25) is 28.8 Å². The average molecular weight is 1560 g/mol. The normalized spacial score (nSPS) is 11.4. The predicted molar refractivity (Wildman–Crippen MR) is 483 cm³/mol. The summed E-state index contributed by atoms with van der Waals surface area (Å²) in [5, 5.41) is 29.5. The second-order valence-electron chi connectivity index (χ2n) is 35.4. The highest BCUT2D eigenvalue weighted by Gasteiger charge is 2.20. The summed E-state index contributed by atoms with van der Waals surface area (Å²) in [5.74, 6) is 4.96. The number of phenols is 1. The van der Waals surface area contributed by atoms with Crippen molar-refractivity contribution in [2.24, 2.45) is 14.1 Å². The Morgan fingerprint density at radius 3 is 0.850 bits per heavy atom. The summed E-state index contributed by atoms with van der Waals surface area (Å²) in [5.41, 5.74) is 19.3. The van der Waals surface area contributed by atoms with Gasteiger partial charge in [0.1, 0.15) is 5.75 Å². The standard InChI is InChI=1S/C13H21NO.C13H20O.C13H20.C12H19NO2.3C12H19NO.C11H17NO2/c1-8(2)12-7-10(5)14(9(3)4)13(15)11(12)6;1-8(2)11-6-7-12(9(3)4)13(14)10(11)5;1-9(2)12-7-6-8-13(10(3)4)11(12)5;1-7(2)10-6-9(5)13(8(3)4)12(15)11(10)14;2*1-8(2)10-6-7-11(9(3)4)13(5)12(10)14;1-8(2)11-6-7-13(9(3)4)12(14)10(11)5;1-7(2)9-5-6-12(8(3)4)11(14)10(9)13/h7-9H,1-6H3;6-9,14H,1-5H3;6-10H,1-5H3;6-8,14H,1-5H3;3*6-9H,1-5H3;5-8,13H,1-4H3. The molecule has 0 atom stereocenters. The maximum absolute atomic E-state index is 12.1. The Morgan fingerprint density at radius 2 is 0.513 bits per heavy atom. The van der Waals surface area contributed by atoms with E-state index in [4.69, 9.17) is 0 Å². The number of rotatable bonds is 16. The van der Waals surface area contributed by atoms with E-state index in [1.54, 1.807) is 30.5 Å². The van der Waals surface area contributed by atoms with Crippen molar-refractivity contribution in [1.82, 2.24) is 27.4 Å². The molecule has 0 aliphatic carbocycles. The van der Waals surface area contributed by atoms with Crippen LogP contribution in [0.15, 0.2) is 120 Å². The predicted octanol–water partition coefficient (Wildman–Crippen LogP) is 24.3. The van der Waals surface area contributed by atoms with Crippen LogP contribution < -0.4 is 33.4 Å². The molecule has 6 heterocycles. The number of benzene rings is 2. The van der Waals surface area contributed by atoms with Crippen molar-refractivity contribution in [3.05, 3.63) is 254 Å². The molecule has 113 heavy (non-hydrogen) atoms. The Labute approximate surface area is 682 Å². The second kappa shape index (κ2) is 46.2. The third-order valence-corrected chi connectivity index (χ3v) is 20.9. The van der Waals surface area contributed by atoms with Crippen LogP contribution in [-0.4, -0.2) is 42.7 Å². The van der Waals surface area contributed by atoms with E-state index in [1.807, 2.05) is 195 Å². The lowest BCUT2D eigenvalue weighted by atomic mass is 9.90. The van der Waals surface area contributed by atoms with E-state index >= 15 is 0 Å². The maximum Gasteiger partial charge on any atom is 0.293 e. The van der Waals surface area contributed by atoms with Crippen molar-refractivity contribution in [2.45, 2.75) is 358 Å². The summed E-state index contributed by atoms with van der Waals surface area (Å²) < 4.78 is 10.3. The van der Waals surface area contributed by atoms with E-state index in [0.717, 1.165) is 67.3 Å². The van der Waals surface area contributed by atoms with Crippen LogP contribution >= 0.6 is 0 Å². The molecule has 3 N–H and O–H groups in total. The molecule has 15 heteroatoms. The van der Waals surface area contributed by atoms with Gasteiger partial charge in [0, 0.05) is 107 Å². The summed E-state index contributed by atoms with van der Waals surface area (Å²) in [7, 11) is 3.70. The minimum absolute atomic E-state index is 0.0737. The smallest absolute Gasteiger partial charge is 0.293 e. The van der Waals surface area contributed by atoms with Gasteiger partial charge in [-0.1, -0.05) is 209 Å². The Hall–Kier alpha value is -8.46. The van der Waals surface area contributed by atoms with Gasteiger partial charge in [-0.15, -0.1) is 0 Å². The van der Waals surface area contributed by atoms with E-state index in [9.17, 15) is 44.1 Å². The van der Waals surface area contributed by atoms with Crippen LogP contribution in [0.4, 0.5) is 0 Å². The highest BCUT2D eigenvalue weighted by Crippen LogP contribution is 2.34. The fourth-order valence-corrected chi connectivity index (χ4v) is 14.2. The van der Waals surface area contributed by atoms with Crippen LogP contribution in [-0.2, 0) is 14.1 Å². The average Bonchev–Trinajstić information content (AvgIpc) is 0.794. The van der Waals surface area contributed by atoms with Crippen molar-refractivity contribution in [3.8, 4) is 17.2 Å². The molecule has 0 amide bonds. The SMILES string of the molecule is CC(C)c1ccc(C(C)C)n(C)c1=O.CC(C)c1ccc(C(C)C)n(C)c1=O.CC(C)c1ccn(C(C)C)c(=O)c1O.Cc1c(C(C)C)cc(C)n(C(C)C)c1=O.Cc1c(C(C)C)ccc(C(C)C)c1O.Cc1c(C(C)C)cccc1C(C)C.Cc1c(C(C)C)ccn(C(C)C)c1=O.Cc1cc(C(C)C)c(O)c(=O)n1C(C)C. The highest BCUT2D eigenvalue weighted by molar-refractivity contribution is 5.47. The summed E-state index contributed by atoms with van der Waals surface area (Å²) >= 11 is 0. The third kappa shape index (κ3) is 28.2. The fourth-order valence-electron chi connectivity index (χ4n) is 14.2. The zero-order valence-electron chi connectivity index (χ0n) is 77.9. The fraction of sp³-hybridized carbons (Fsp3) is 0.571. The first kappa shape index (κ1) is 103. The molecule has 6 aromatic heterocycles. The van der Waals surface area contributed by atoms with Gasteiger partial charge >= 0.3 is 0 Å². The van der Waals surface area contributed by atoms with Gasteiger partial charge in [0.25, 0.3) is 33.4 Å². The molecule has 0 fully saturated rings. The van der Waals surface area contributed by atoms with Crippen LogP contribution in [0.1, 0.15) is 417 Å². The van der Waals surface area contributed by atoms with Gasteiger partial charge in [0.05, 0.1) is 0 Å². The van der Waals surface area contributed by atoms with Gasteiger partial charge in [0.2, 0.25) is 0 Å². The first-order chi connectivity index (χ1) is 52.0.